The molecule has 39 heavy (non-hydrogen) atoms. The number of unbranched alkanes of at least 4 members (excludes halogenated alkanes) is 2. The molecule has 1 atom stereocenters. The fourth-order valence-corrected chi connectivity index (χ4v) is 7.63. The normalized spacial score (nSPS) is 12.7. The number of hydrogen-bond acceptors (Lipinski definition) is 2. The highest BCUT2D eigenvalue weighted by Gasteiger charge is 2.30. The van der Waals surface area contributed by atoms with Crippen molar-refractivity contribution in [2.24, 2.45) is 5.41 Å². The van der Waals surface area contributed by atoms with Crippen LogP contribution in [0.1, 0.15) is 46.5 Å². The summed E-state index contributed by atoms with van der Waals surface area (Å²) in [5.41, 5.74) is 3.79. The standard InChI is InChI=1S/C35H39N2OSi/c1-35(2,3)34(38-39(30-18-7-4-8-19-30)31-20-9-5-10-21-31)23-11-6-14-25-37-32-22-13-12-16-28(32)26-33(37)29-17-15-24-36-27-29/h4-5,7-10,12-13,15-22,24,26-27,34H,6,11,14,23,25H2,1-3H3. The summed E-state index contributed by atoms with van der Waals surface area (Å²) >= 11 is 0. The molecule has 0 aliphatic heterocycles. The Balaban J connectivity index is 1.26. The van der Waals surface area contributed by atoms with Crippen LogP contribution in [-0.4, -0.2) is 24.7 Å². The van der Waals surface area contributed by atoms with Gasteiger partial charge in [-0.2, -0.15) is 0 Å². The van der Waals surface area contributed by atoms with Gasteiger partial charge in [0.2, 0.25) is 0 Å². The molecule has 199 valence electrons. The van der Waals surface area contributed by atoms with Gasteiger partial charge in [-0.25, -0.2) is 0 Å². The summed E-state index contributed by atoms with van der Waals surface area (Å²) in [6.07, 6.45) is 8.54. The zero-order valence-corrected chi connectivity index (χ0v) is 24.4. The van der Waals surface area contributed by atoms with Gasteiger partial charge in [0.1, 0.15) is 0 Å². The topological polar surface area (TPSA) is 27.1 Å². The number of para-hydroxylation sites is 1. The first kappa shape index (κ1) is 27.1. The molecule has 0 amide bonds. The minimum Gasteiger partial charge on any atom is -0.404 e. The Morgan fingerprint density at radius 3 is 2.08 bits per heavy atom. The van der Waals surface area contributed by atoms with Crippen LogP contribution in [0.5, 0.6) is 0 Å². The van der Waals surface area contributed by atoms with Gasteiger partial charge in [0, 0.05) is 35.4 Å². The molecule has 0 saturated heterocycles. The summed E-state index contributed by atoms with van der Waals surface area (Å²) < 4.78 is 9.53. The van der Waals surface area contributed by atoms with E-state index >= 15 is 0 Å². The van der Waals surface area contributed by atoms with Gasteiger partial charge in [0.15, 0.2) is 0 Å². The fraction of sp³-hybridized carbons (Fsp3) is 0.286. The van der Waals surface area contributed by atoms with E-state index in [1.807, 2.05) is 18.5 Å². The zero-order valence-electron chi connectivity index (χ0n) is 23.4. The third-order valence-corrected chi connectivity index (χ3v) is 9.65. The average molecular weight is 532 g/mol. The molecule has 0 spiro atoms. The lowest BCUT2D eigenvalue weighted by Crippen LogP contribution is -2.49. The fourth-order valence-electron chi connectivity index (χ4n) is 5.27. The second-order valence-corrected chi connectivity index (χ2v) is 13.4. The first-order valence-electron chi connectivity index (χ1n) is 14.1. The van der Waals surface area contributed by atoms with Crippen molar-refractivity contribution < 1.29 is 4.43 Å². The quantitative estimate of drug-likeness (QED) is 0.130. The number of benzene rings is 3. The van der Waals surface area contributed by atoms with Crippen LogP contribution in [0, 0.1) is 5.41 Å². The second kappa shape index (κ2) is 12.6. The van der Waals surface area contributed by atoms with E-state index in [-0.39, 0.29) is 11.5 Å². The summed E-state index contributed by atoms with van der Waals surface area (Å²) in [6, 6.07) is 36.7. The average Bonchev–Trinajstić information content (AvgIpc) is 3.34. The first-order chi connectivity index (χ1) is 19.0. The molecule has 4 heteroatoms. The molecule has 2 heterocycles. The van der Waals surface area contributed by atoms with Crippen LogP contribution >= 0.6 is 0 Å². The smallest absolute Gasteiger partial charge is 0.283 e. The highest BCUT2D eigenvalue weighted by atomic mass is 28.3. The van der Waals surface area contributed by atoms with Gasteiger partial charge in [-0.3, -0.25) is 4.98 Å². The lowest BCUT2D eigenvalue weighted by Gasteiger charge is -2.34. The highest BCUT2D eigenvalue weighted by molar-refractivity contribution is 6.80. The number of nitrogens with zero attached hydrogens (tertiary/aromatic N) is 2. The van der Waals surface area contributed by atoms with Crippen LogP contribution in [-0.2, 0) is 11.0 Å². The Morgan fingerprint density at radius 2 is 1.44 bits per heavy atom. The van der Waals surface area contributed by atoms with Crippen LogP contribution < -0.4 is 10.4 Å². The lowest BCUT2D eigenvalue weighted by molar-refractivity contribution is 0.0787. The van der Waals surface area contributed by atoms with Crippen molar-refractivity contribution in [3.63, 3.8) is 0 Å². The Labute approximate surface area is 235 Å². The number of aryl methyl sites for hydroxylation is 1. The molecule has 5 aromatic rings. The van der Waals surface area contributed by atoms with E-state index in [0.717, 1.165) is 25.8 Å². The molecule has 5 rings (SSSR count). The van der Waals surface area contributed by atoms with Crippen molar-refractivity contribution in [3.8, 4) is 11.3 Å². The molecular formula is C35H39N2OSi. The monoisotopic (exact) mass is 531 g/mol. The van der Waals surface area contributed by atoms with E-state index < -0.39 is 9.04 Å². The number of pyridine rings is 1. The summed E-state index contributed by atoms with van der Waals surface area (Å²) in [4.78, 5) is 4.37. The summed E-state index contributed by atoms with van der Waals surface area (Å²) in [5, 5.41) is 3.91. The van der Waals surface area contributed by atoms with Crippen LogP contribution in [0.4, 0.5) is 0 Å². The molecule has 2 aromatic heterocycles. The maximum atomic E-state index is 7.06. The molecule has 3 nitrogen and oxygen atoms in total. The zero-order chi connectivity index (χ0) is 27.1. The molecule has 3 aromatic carbocycles. The van der Waals surface area contributed by atoms with Crippen molar-refractivity contribution in [2.75, 3.05) is 0 Å². The number of rotatable bonds is 11. The Hall–Kier alpha value is -3.47. The van der Waals surface area contributed by atoms with Crippen LogP contribution in [0.3, 0.4) is 0 Å². The summed E-state index contributed by atoms with van der Waals surface area (Å²) in [5.74, 6) is 0. The summed E-state index contributed by atoms with van der Waals surface area (Å²) in [6.45, 7) is 7.96. The van der Waals surface area contributed by atoms with E-state index in [0.29, 0.717) is 0 Å². The van der Waals surface area contributed by atoms with Crippen LogP contribution in [0.2, 0.25) is 0 Å². The minimum atomic E-state index is -1.33. The van der Waals surface area contributed by atoms with Crippen molar-refractivity contribution in [1.82, 2.24) is 9.55 Å². The SMILES string of the molecule is CC(C)(C)C(CCCCCn1c(-c2cccnc2)cc2ccccc21)O[Si](c1ccccc1)c1ccccc1. The molecule has 1 radical (unpaired) electrons. The first-order valence-corrected chi connectivity index (χ1v) is 15.5. The molecule has 0 aliphatic carbocycles. The van der Waals surface area contributed by atoms with E-state index in [2.05, 4.69) is 127 Å². The molecular weight excluding hydrogens is 492 g/mol. The Kier molecular flexibility index (Phi) is 8.75. The highest BCUT2D eigenvalue weighted by Crippen LogP contribution is 2.30. The third kappa shape index (κ3) is 6.76. The Bertz CT molecular complexity index is 1400. The van der Waals surface area contributed by atoms with Gasteiger partial charge < -0.3 is 8.99 Å². The number of hydrogen-bond donors (Lipinski definition) is 0. The molecule has 1 unspecified atom stereocenters. The van der Waals surface area contributed by atoms with Gasteiger partial charge in [0.05, 0.1) is 11.8 Å². The molecule has 0 aliphatic rings. The van der Waals surface area contributed by atoms with Gasteiger partial charge in [-0.1, -0.05) is 112 Å². The van der Waals surface area contributed by atoms with E-state index in [9.17, 15) is 0 Å². The third-order valence-electron chi connectivity index (χ3n) is 7.41. The van der Waals surface area contributed by atoms with Gasteiger partial charge in [0.25, 0.3) is 9.04 Å². The van der Waals surface area contributed by atoms with Crippen molar-refractivity contribution in [3.05, 3.63) is 116 Å². The van der Waals surface area contributed by atoms with E-state index in [4.69, 9.17) is 4.43 Å². The molecule has 0 N–H and O–H groups in total. The van der Waals surface area contributed by atoms with E-state index in [1.165, 1.54) is 39.0 Å². The lowest BCUT2D eigenvalue weighted by atomic mass is 9.86. The van der Waals surface area contributed by atoms with Gasteiger partial charge in [-0.05, 0) is 52.9 Å². The number of fused-ring (bicyclic) bond motifs is 1. The van der Waals surface area contributed by atoms with E-state index in [1.54, 1.807) is 0 Å². The number of aromatic nitrogens is 2. The van der Waals surface area contributed by atoms with Gasteiger partial charge >= 0.3 is 0 Å². The molecule has 0 fully saturated rings. The van der Waals surface area contributed by atoms with Crippen molar-refractivity contribution >= 4 is 30.3 Å². The summed E-state index contributed by atoms with van der Waals surface area (Å²) in [7, 11) is -1.33. The van der Waals surface area contributed by atoms with Crippen molar-refractivity contribution in [2.45, 2.75) is 59.1 Å². The molecule has 0 saturated carbocycles. The largest absolute Gasteiger partial charge is 0.404 e. The maximum Gasteiger partial charge on any atom is 0.283 e. The van der Waals surface area contributed by atoms with Crippen LogP contribution in [0.25, 0.3) is 22.2 Å². The second-order valence-electron chi connectivity index (χ2n) is 11.4. The predicted octanol–water partition coefficient (Wildman–Crippen LogP) is 7.50. The minimum absolute atomic E-state index is 0.0730. The predicted molar refractivity (Wildman–Crippen MR) is 166 cm³/mol. The molecule has 0 bridgehead atoms. The van der Waals surface area contributed by atoms with Crippen LogP contribution in [0.15, 0.2) is 116 Å². The van der Waals surface area contributed by atoms with Gasteiger partial charge in [-0.15, -0.1) is 0 Å². The Morgan fingerprint density at radius 1 is 0.769 bits per heavy atom. The maximum absolute atomic E-state index is 7.06. The van der Waals surface area contributed by atoms with Crippen molar-refractivity contribution in [1.29, 1.82) is 0 Å².